The van der Waals surface area contributed by atoms with E-state index in [1.165, 1.54) is 32.4 Å². The topological polar surface area (TPSA) is 27.3 Å². The Morgan fingerprint density at radius 2 is 1.36 bits per heavy atom. The molecule has 0 spiro atoms. The summed E-state index contributed by atoms with van der Waals surface area (Å²) in [5.41, 5.74) is 0. The van der Waals surface area contributed by atoms with Crippen LogP contribution in [0.25, 0.3) is 0 Å². The van der Waals surface area contributed by atoms with E-state index in [2.05, 4.69) is 14.0 Å². The third-order valence-corrected chi connectivity index (χ3v) is 4.45. The summed E-state index contributed by atoms with van der Waals surface area (Å²) in [7, 11) is 5.98. The maximum atomic E-state index is 5.98. The molecule has 3 nitrogen and oxygen atoms in total. The average molecular weight is 254 g/mol. The van der Waals surface area contributed by atoms with Gasteiger partial charge in [0.15, 0.2) is 0 Å². The van der Waals surface area contributed by atoms with Crippen LogP contribution >= 0.6 is 9.30 Å². The number of halogens is 1. The van der Waals surface area contributed by atoms with Gasteiger partial charge < -0.3 is 0 Å². The van der Waals surface area contributed by atoms with Crippen molar-refractivity contribution < 1.29 is 18.3 Å². The van der Waals surface area contributed by atoms with E-state index in [1.54, 1.807) is 0 Å². The number of nitrogens with one attached hydrogen (secondary N) is 2. The van der Waals surface area contributed by atoms with Gasteiger partial charge in [-0.25, -0.2) is 0 Å². The van der Waals surface area contributed by atoms with Crippen molar-refractivity contribution in [3.8, 4) is 0 Å². The van der Waals surface area contributed by atoms with Gasteiger partial charge in [-0.3, -0.25) is 0 Å². The fourth-order valence-corrected chi connectivity index (χ4v) is 3.03. The third kappa shape index (κ3) is 6.38. The van der Waals surface area contributed by atoms with E-state index in [1.807, 2.05) is 0 Å². The monoisotopic (exact) mass is 253 g/mol. The number of nitrogens with zero attached hydrogens (tertiary/aromatic N) is 1. The summed E-state index contributed by atoms with van der Waals surface area (Å²) in [6.07, 6.45) is 3.72. The standard InChI is InChI=1S/C9H20N3.ClH.Ti/c1-4-10-6-2-8-12-9-3-7-11-5-1;;/h10-11H,1-9H2;1H;/q-1;;+2/p-1. The minimum absolute atomic E-state index is 0.353. The minimum atomic E-state index is -0.353. The molecule has 1 rings (SSSR count). The molecule has 0 aliphatic carbocycles. The maximum absolute atomic E-state index is 5.98. The Morgan fingerprint density at radius 1 is 0.857 bits per heavy atom. The molecule has 0 radical (unpaired) electrons. The van der Waals surface area contributed by atoms with Crippen LogP contribution in [0.3, 0.4) is 0 Å². The Bertz CT molecular complexity index is 125. The fourth-order valence-electron chi connectivity index (χ4n) is 1.57. The van der Waals surface area contributed by atoms with E-state index in [9.17, 15) is 0 Å². The molecule has 1 saturated heterocycles. The SMILES string of the molecule is [Cl][Ti][N]1CCCNCCCNCCC1. The van der Waals surface area contributed by atoms with Crippen LogP contribution in [0.5, 0.6) is 0 Å². The van der Waals surface area contributed by atoms with Gasteiger partial charge in [0.2, 0.25) is 0 Å². The number of hydrogen-bond donors (Lipinski definition) is 2. The van der Waals surface area contributed by atoms with Crippen LogP contribution in [-0.2, 0) is 18.3 Å². The fraction of sp³-hybridized carbons (Fsp3) is 1.00. The van der Waals surface area contributed by atoms with Crippen LogP contribution in [0.2, 0.25) is 0 Å². The molecule has 0 aromatic rings. The molecule has 0 aromatic heterocycles. The second-order valence-corrected chi connectivity index (χ2v) is 5.58. The zero-order valence-electron chi connectivity index (χ0n) is 8.69. The second-order valence-electron chi connectivity index (χ2n) is 3.63. The van der Waals surface area contributed by atoms with Crippen molar-refractivity contribution in [3.05, 3.63) is 0 Å². The molecule has 0 saturated carbocycles. The molecule has 1 heterocycles. The summed E-state index contributed by atoms with van der Waals surface area (Å²) in [6, 6.07) is 0. The predicted octanol–water partition coefficient (Wildman–Crippen LogP) is 0.803. The molecule has 0 atom stereocenters. The van der Waals surface area contributed by atoms with Crippen LogP contribution in [0.15, 0.2) is 0 Å². The first-order valence-corrected chi connectivity index (χ1v) is 8.31. The van der Waals surface area contributed by atoms with Gasteiger partial charge in [0.1, 0.15) is 0 Å². The van der Waals surface area contributed by atoms with Crippen LogP contribution in [0, 0.1) is 0 Å². The zero-order chi connectivity index (χ0) is 10.1. The summed E-state index contributed by atoms with van der Waals surface area (Å²) in [5, 5.41) is 6.90. The van der Waals surface area contributed by atoms with Crippen LogP contribution in [0.4, 0.5) is 0 Å². The predicted molar refractivity (Wildman–Crippen MR) is 57.0 cm³/mol. The van der Waals surface area contributed by atoms with Gasteiger partial charge in [-0.15, -0.1) is 0 Å². The van der Waals surface area contributed by atoms with Gasteiger partial charge in [-0.1, -0.05) is 0 Å². The van der Waals surface area contributed by atoms with Gasteiger partial charge in [-0.2, -0.15) is 0 Å². The van der Waals surface area contributed by atoms with Crippen molar-refractivity contribution >= 4 is 9.30 Å². The van der Waals surface area contributed by atoms with Crippen molar-refractivity contribution in [2.45, 2.75) is 19.3 Å². The Morgan fingerprint density at radius 3 is 1.86 bits per heavy atom. The first-order chi connectivity index (χ1) is 6.93. The summed E-state index contributed by atoms with van der Waals surface area (Å²) >= 11 is -0.353. The molecule has 1 fully saturated rings. The Balaban J connectivity index is 2.17. The summed E-state index contributed by atoms with van der Waals surface area (Å²) in [5.74, 6) is 0. The zero-order valence-corrected chi connectivity index (χ0v) is 11.0. The molecular weight excluding hydrogens is 233 g/mol. The van der Waals surface area contributed by atoms with Crippen molar-refractivity contribution in [1.29, 1.82) is 0 Å². The van der Waals surface area contributed by atoms with Gasteiger partial charge in [0, 0.05) is 0 Å². The van der Waals surface area contributed by atoms with E-state index in [4.69, 9.17) is 9.30 Å². The van der Waals surface area contributed by atoms with E-state index in [0.717, 1.165) is 26.2 Å². The normalized spacial score (nSPS) is 23.5. The van der Waals surface area contributed by atoms with Crippen LogP contribution in [-0.4, -0.2) is 42.7 Å². The molecule has 0 aromatic carbocycles. The van der Waals surface area contributed by atoms with Crippen molar-refractivity contribution in [1.82, 2.24) is 14.0 Å². The molecule has 0 unspecified atom stereocenters. The first-order valence-electron chi connectivity index (χ1n) is 5.46. The van der Waals surface area contributed by atoms with E-state index in [0.29, 0.717) is 0 Å². The van der Waals surface area contributed by atoms with Crippen LogP contribution in [0.1, 0.15) is 19.3 Å². The first kappa shape index (κ1) is 13.0. The molecular formula is C9H20ClN3Ti. The van der Waals surface area contributed by atoms with Crippen LogP contribution < -0.4 is 10.6 Å². The van der Waals surface area contributed by atoms with E-state index in [-0.39, 0.29) is 18.3 Å². The molecule has 0 amide bonds. The average Bonchev–Trinajstić information content (AvgIpc) is 2.19. The molecule has 2 N–H and O–H groups in total. The third-order valence-electron chi connectivity index (χ3n) is 2.39. The summed E-state index contributed by atoms with van der Waals surface area (Å²) in [4.78, 5) is 0. The molecule has 82 valence electrons. The van der Waals surface area contributed by atoms with Crippen molar-refractivity contribution in [3.63, 3.8) is 0 Å². The second kappa shape index (κ2) is 9.14. The van der Waals surface area contributed by atoms with Crippen molar-refractivity contribution in [2.24, 2.45) is 0 Å². The molecule has 1 aliphatic heterocycles. The Kier molecular flexibility index (Phi) is 8.45. The summed E-state index contributed by atoms with van der Waals surface area (Å²) in [6.45, 7) is 6.92. The molecule has 14 heavy (non-hydrogen) atoms. The van der Waals surface area contributed by atoms with Crippen molar-refractivity contribution in [2.75, 3.05) is 39.3 Å². The number of rotatable bonds is 1. The molecule has 1 aliphatic rings. The summed E-state index contributed by atoms with van der Waals surface area (Å²) < 4.78 is 2.44. The van der Waals surface area contributed by atoms with E-state index >= 15 is 0 Å². The van der Waals surface area contributed by atoms with Gasteiger partial charge >= 0.3 is 100 Å². The van der Waals surface area contributed by atoms with Gasteiger partial charge in [0.25, 0.3) is 0 Å². The van der Waals surface area contributed by atoms with E-state index < -0.39 is 0 Å². The Labute approximate surface area is 100 Å². The molecule has 0 bridgehead atoms. The van der Waals surface area contributed by atoms with Gasteiger partial charge in [0.05, 0.1) is 0 Å². The Hall–Kier alpha value is 0.884. The number of hydrogen-bond acceptors (Lipinski definition) is 3. The molecule has 5 heteroatoms. The quantitative estimate of drug-likeness (QED) is 0.677. The van der Waals surface area contributed by atoms with Gasteiger partial charge in [-0.05, 0) is 0 Å².